The summed E-state index contributed by atoms with van der Waals surface area (Å²) < 4.78 is 7.25. The molecule has 3 aromatic rings. The van der Waals surface area contributed by atoms with Gasteiger partial charge < -0.3 is 9.64 Å². The Bertz CT molecular complexity index is 1030. The van der Waals surface area contributed by atoms with E-state index in [1.54, 1.807) is 7.11 Å². The summed E-state index contributed by atoms with van der Waals surface area (Å²) in [5.74, 6) is 1.60. The minimum atomic E-state index is 0.243. The lowest BCUT2D eigenvalue weighted by atomic mass is 9.93. The lowest BCUT2D eigenvalue weighted by Gasteiger charge is -2.36. The molecule has 164 valence electrons. The SMILES string of the molecule is COc1ccc(-c2cnc(N(C)C)nc2C2CCCCN2Cc2cn(C)nc2C)cc1. The molecule has 0 spiro atoms. The lowest BCUT2D eigenvalue weighted by molar-refractivity contribution is 0.137. The fourth-order valence-electron chi connectivity index (χ4n) is 4.36. The second-order valence-corrected chi connectivity index (χ2v) is 8.49. The van der Waals surface area contributed by atoms with Crippen molar-refractivity contribution in [1.29, 1.82) is 0 Å². The second kappa shape index (κ2) is 9.06. The molecule has 7 heteroatoms. The first kappa shape index (κ1) is 21.3. The van der Waals surface area contributed by atoms with Crippen LogP contribution >= 0.6 is 0 Å². The number of nitrogens with zero attached hydrogens (tertiary/aromatic N) is 6. The molecule has 31 heavy (non-hydrogen) atoms. The summed E-state index contributed by atoms with van der Waals surface area (Å²) in [7, 11) is 7.66. The van der Waals surface area contributed by atoms with Gasteiger partial charge in [0.15, 0.2) is 0 Å². The number of aryl methyl sites for hydroxylation is 2. The zero-order valence-electron chi connectivity index (χ0n) is 19.2. The van der Waals surface area contributed by atoms with Crippen LogP contribution in [0.5, 0.6) is 5.75 Å². The topological polar surface area (TPSA) is 59.3 Å². The number of benzene rings is 1. The molecule has 1 atom stereocenters. The van der Waals surface area contributed by atoms with Gasteiger partial charge in [-0.15, -0.1) is 0 Å². The predicted molar refractivity (Wildman–Crippen MR) is 123 cm³/mol. The van der Waals surface area contributed by atoms with Crippen LogP contribution in [0.15, 0.2) is 36.7 Å². The molecule has 1 aromatic carbocycles. The normalized spacial score (nSPS) is 17.0. The summed E-state index contributed by atoms with van der Waals surface area (Å²) in [6.45, 7) is 4.03. The van der Waals surface area contributed by atoms with Crippen LogP contribution in [0.1, 0.15) is 42.3 Å². The molecule has 0 radical (unpaired) electrons. The van der Waals surface area contributed by atoms with E-state index in [0.717, 1.165) is 53.7 Å². The van der Waals surface area contributed by atoms with E-state index >= 15 is 0 Å². The van der Waals surface area contributed by atoms with Gasteiger partial charge in [0.25, 0.3) is 0 Å². The molecule has 0 N–H and O–H groups in total. The first-order valence-electron chi connectivity index (χ1n) is 10.9. The van der Waals surface area contributed by atoms with E-state index in [0.29, 0.717) is 0 Å². The molecule has 7 nitrogen and oxygen atoms in total. The number of likely N-dealkylation sites (tertiary alicyclic amines) is 1. The molecule has 1 unspecified atom stereocenters. The summed E-state index contributed by atoms with van der Waals surface area (Å²) in [5, 5.41) is 4.54. The summed E-state index contributed by atoms with van der Waals surface area (Å²) in [6.07, 6.45) is 7.61. The van der Waals surface area contributed by atoms with Gasteiger partial charge in [0, 0.05) is 51.2 Å². The van der Waals surface area contributed by atoms with E-state index in [-0.39, 0.29) is 6.04 Å². The van der Waals surface area contributed by atoms with Crippen LogP contribution in [0.4, 0.5) is 5.95 Å². The number of rotatable bonds is 6. The standard InChI is InChI=1S/C24H32N6O/c1-17-19(15-29(4)27-17)16-30-13-7-6-8-22(30)23-21(14-25-24(26-23)28(2)3)18-9-11-20(31-5)12-10-18/h9-12,14-15,22H,6-8,13,16H2,1-5H3. The van der Waals surface area contributed by atoms with Crippen molar-refractivity contribution in [2.24, 2.45) is 7.05 Å². The Morgan fingerprint density at radius 2 is 1.94 bits per heavy atom. The highest BCUT2D eigenvalue weighted by Crippen LogP contribution is 2.37. The van der Waals surface area contributed by atoms with Crippen molar-refractivity contribution in [2.75, 3.05) is 32.6 Å². The van der Waals surface area contributed by atoms with Crippen molar-refractivity contribution in [2.45, 2.75) is 38.8 Å². The maximum absolute atomic E-state index is 5.34. The molecule has 0 saturated carbocycles. The smallest absolute Gasteiger partial charge is 0.225 e. The molecule has 4 rings (SSSR count). The number of methoxy groups -OCH3 is 1. The molecular formula is C24H32N6O. The van der Waals surface area contributed by atoms with E-state index < -0.39 is 0 Å². The van der Waals surface area contributed by atoms with Crippen molar-refractivity contribution in [1.82, 2.24) is 24.6 Å². The third-order valence-corrected chi connectivity index (χ3v) is 6.02. The monoisotopic (exact) mass is 420 g/mol. The van der Waals surface area contributed by atoms with Gasteiger partial charge in [0.1, 0.15) is 5.75 Å². The van der Waals surface area contributed by atoms with Gasteiger partial charge in [-0.25, -0.2) is 9.97 Å². The number of ether oxygens (including phenoxy) is 1. The minimum Gasteiger partial charge on any atom is -0.497 e. The first-order chi connectivity index (χ1) is 15.0. The zero-order valence-corrected chi connectivity index (χ0v) is 19.2. The Labute approximate surface area is 184 Å². The summed E-state index contributed by atoms with van der Waals surface area (Å²) in [5.41, 5.74) is 5.68. The van der Waals surface area contributed by atoms with Gasteiger partial charge in [0.05, 0.1) is 24.5 Å². The minimum absolute atomic E-state index is 0.243. The fraction of sp³-hybridized carbons (Fsp3) is 0.458. The largest absolute Gasteiger partial charge is 0.497 e. The number of aromatic nitrogens is 4. The van der Waals surface area contributed by atoms with Crippen LogP contribution in [-0.2, 0) is 13.6 Å². The average molecular weight is 421 g/mol. The van der Waals surface area contributed by atoms with Gasteiger partial charge in [-0.2, -0.15) is 5.10 Å². The van der Waals surface area contributed by atoms with Crippen molar-refractivity contribution in [3.8, 4) is 16.9 Å². The van der Waals surface area contributed by atoms with Crippen LogP contribution in [-0.4, -0.2) is 52.4 Å². The molecular weight excluding hydrogens is 388 g/mol. The Morgan fingerprint density at radius 1 is 1.16 bits per heavy atom. The number of hydrogen-bond donors (Lipinski definition) is 0. The first-order valence-corrected chi connectivity index (χ1v) is 10.9. The molecule has 1 saturated heterocycles. The number of anilines is 1. The highest BCUT2D eigenvalue weighted by Gasteiger charge is 2.29. The molecule has 0 aliphatic carbocycles. The van der Waals surface area contributed by atoms with Gasteiger partial charge in [-0.3, -0.25) is 9.58 Å². The van der Waals surface area contributed by atoms with E-state index in [1.807, 2.05) is 49.1 Å². The van der Waals surface area contributed by atoms with Crippen molar-refractivity contribution >= 4 is 5.95 Å². The molecule has 3 heterocycles. The molecule has 2 aromatic heterocycles. The summed E-state index contributed by atoms with van der Waals surface area (Å²) in [4.78, 5) is 14.2. The van der Waals surface area contributed by atoms with E-state index in [4.69, 9.17) is 9.72 Å². The third kappa shape index (κ3) is 4.56. The molecule has 0 amide bonds. The maximum Gasteiger partial charge on any atom is 0.225 e. The molecule has 1 fully saturated rings. The van der Waals surface area contributed by atoms with E-state index in [9.17, 15) is 0 Å². The summed E-state index contributed by atoms with van der Waals surface area (Å²) in [6, 6.07) is 8.42. The van der Waals surface area contributed by atoms with Crippen molar-refractivity contribution in [3.63, 3.8) is 0 Å². The van der Waals surface area contributed by atoms with Gasteiger partial charge in [-0.05, 0) is 44.0 Å². The van der Waals surface area contributed by atoms with Crippen molar-refractivity contribution < 1.29 is 4.74 Å². The summed E-state index contributed by atoms with van der Waals surface area (Å²) >= 11 is 0. The lowest BCUT2D eigenvalue weighted by Crippen LogP contribution is -2.34. The number of hydrogen-bond acceptors (Lipinski definition) is 6. The predicted octanol–water partition coefficient (Wildman–Crippen LogP) is 3.99. The van der Waals surface area contributed by atoms with E-state index in [1.165, 1.54) is 18.4 Å². The van der Waals surface area contributed by atoms with Crippen LogP contribution in [0, 0.1) is 6.92 Å². The molecule has 0 bridgehead atoms. The Morgan fingerprint density at radius 3 is 2.58 bits per heavy atom. The van der Waals surface area contributed by atoms with Gasteiger partial charge >= 0.3 is 0 Å². The van der Waals surface area contributed by atoms with Crippen LogP contribution < -0.4 is 9.64 Å². The Hall–Kier alpha value is -2.93. The molecule has 1 aliphatic rings. The van der Waals surface area contributed by atoms with Gasteiger partial charge in [-0.1, -0.05) is 18.6 Å². The average Bonchev–Trinajstić information content (AvgIpc) is 3.10. The second-order valence-electron chi connectivity index (χ2n) is 8.49. The van der Waals surface area contributed by atoms with Crippen molar-refractivity contribution in [3.05, 3.63) is 53.6 Å². The third-order valence-electron chi connectivity index (χ3n) is 6.02. The Balaban J connectivity index is 1.74. The number of piperidine rings is 1. The van der Waals surface area contributed by atoms with Gasteiger partial charge in [0.2, 0.25) is 5.95 Å². The quantitative estimate of drug-likeness (QED) is 0.601. The molecule has 1 aliphatic heterocycles. The van der Waals surface area contributed by atoms with Crippen LogP contribution in [0.25, 0.3) is 11.1 Å². The fourth-order valence-corrected chi connectivity index (χ4v) is 4.36. The van der Waals surface area contributed by atoms with Crippen LogP contribution in [0.2, 0.25) is 0 Å². The highest BCUT2D eigenvalue weighted by atomic mass is 16.5. The highest BCUT2D eigenvalue weighted by molar-refractivity contribution is 5.67. The van der Waals surface area contributed by atoms with E-state index in [2.05, 4.69) is 40.2 Å². The Kier molecular flexibility index (Phi) is 6.23. The van der Waals surface area contributed by atoms with Crippen LogP contribution in [0.3, 0.4) is 0 Å². The zero-order chi connectivity index (χ0) is 22.0. The maximum atomic E-state index is 5.34.